The van der Waals surface area contributed by atoms with Gasteiger partial charge in [0.25, 0.3) is 0 Å². The molecule has 0 radical (unpaired) electrons. The monoisotopic (exact) mass is 278 g/mol. The average molecular weight is 278 g/mol. The molecule has 1 amide bonds. The number of thioether (sulfide) groups is 1. The van der Waals surface area contributed by atoms with Crippen molar-refractivity contribution in [2.24, 2.45) is 5.73 Å². The van der Waals surface area contributed by atoms with Gasteiger partial charge in [-0.15, -0.1) is 0 Å². The van der Waals surface area contributed by atoms with E-state index in [1.807, 2.05) is 0 Å². The highest BCUT2D eigenvalue weighted by atomic mass is 32.2. The molecule has 1 atom stereocenters. The molecule has 0 spiro atoms. The van der Waals surface area contributed by atoms with Gasteiger partial charge in [-0.2, -0.15) is 13.2 Å². The Balaban J connectivity index is 2.34. The van der Waals surface area contributed by atoms with Crippen molar-refractivity contribution in [1.82, 2.24) is 0 Å². The van der Waals surface area contributed by atoms with Gasteiger partial charge in [-0.05, 0) is 18.6 Å². The van der Waals surface area contributed by atoms with Gasteiger partial charge in [0.1, 0.15) is 0 Å². The molecule has 1 unspecified atom stereocenters. The summed E-state index contributed by atoms with van der Waals surface area (Å²) >= 11 is -0.174. The maximum Gasteiger partial charge on any atom is 0.441 e. The van der Waals surface area contributed by atoms with Crippen molar-refractivity contribution >= 4 is 23.4 Å². The lowest BCUT2D eigenvalue weighted by molar-refractivity contribution is -0.117. The van der Waals surface area contributed by atoms with E-state index in [2.05, 4.69) is 5.32 Å². The normalized spacial score (nSPS) is 13.1. The van der Waals surface area contributed by atoms with Crippen molar-refractivity contribution in [2.75, 3.05) is 11.1 Å². The van der Waals surface area contributed by atoms with Crippen LogP contribution in [-0.2, 0) is 4.79 Å². The van der Waals surface area contributed by atoms with Crippen LogP contribution in [0.5, 0.6) is 0 Å². The van der Waals surface area contributed by atoms with Crippen LogP contribution in [0.2, 0.25) is 0 Å². The van der Waals surface area contributed by atoms with Crippen molar-refractivity contribution in [1.29, 1.82) is 0 Å². The van der Waals surface area contributed by atoms with E-state index >= 15 is 0 Å². The molecular formula is C11H13F3N2OS. The van der Waals surface area contributed by atoms with Crippen molar-refractivity contribution < 1.29 is 18.0 Å². The second kappa shape index (κ2) is 6.65. The van der Waals surface area contributed by atoms with Gasteiger partial charge < -0.3 is 11.1 Å². The quantitative estimate of drug-likeness (QED) is 0.870. The number of carbonyl (C=O) groups excluding carboxylic acids is 1. The molecule has 0 aliphatic heterocycles. The zero-order valence-electron chi connectivity index (χ0n) is 9.41. The third kappa shape index (κ3) is 5.92. The number of halogens is 3. The number of alkyl halides is 3. The maximum atomic E-state index is 11.9. The van der Waals surface area contributed by atoms with E-state index in [9.17, 15) is 18.0 Å². The molecule has 100 valence electrons. The molecule has 0 saturated heterocycles. The highest BCUT2D eigenvalue weighted by molar-refractivity contribution is 8.00. The van der Waals surface area contributed by atoms with Crippen molar-refractivity contribution in [3.8, 4) is 0 Å². The van der Waals surface area contributed by atoms with Crippen molar-refractivity contribution in [2.45, 2.75) is 18.0 Å². The van der Waals surface area contributed by atoms with Crippen LogP contribution in [0.4, 0.5) is 18.9 Å². The largest absolute Gasteiger partial charge is 0.441 e. The molecule has 0 heterocycles. The Kier molecular flexibility index (Phi) is 5.49. The molecule has 0 aliphatic carbocycles. The van der Waals surface area contributed by atoms with E-state index in [4.69, 9.17) is 5.73 Å². The van der Waals surface area contributed by atoms with Gasteiger partial charge in [0.15, 0.2) is 0 Å². The Morgan fingerprint density at radius 1 is 1.33 bits per heavy atom. The van der Waals surface area contributed by atoms with Crippen LogP contribution in [0.1, 0.15) is 6.42 Å². The standard InChI is InChI=1S/C11H13F3N2OS/c12-11(13,14)18-7-6-9(15)10(17)16-8-4-2-1-3-5-8/h1-5,9H,6-7,15H2,(H,16,17). The van der Waals surface area contributed by atoms with Gasteiger partial charge in [-0.3, -0.25) is 4.79 Å². The number of benzene rings is 1. The predicted molar refractivity (Wildman–Crippen MR) is 66.2 cm³/mol. The number of carbonyl (C=O) groups is 1. The summed E-state index contributed by atoms with van der Waals surface area (Å²) in [5.41, 5.74) is 1.79. The van der Waals surface area contributed by atoms with Crippen LogP contribution in [0.25, 0.3) is 0 Å². The first-order valence-corrected chi connectivity index (χ1v) is 6.19. The smallest absolute Gasteiger partial charge is 0.325 e. The third-order valence-corrected chi connectivity index (χ3v) is 2.84. The van der Waals surface area contributed by atoms with E-state index in [0.29, 0.717) is 5.69 Å². The number of hydrogen-bond acceptors (Lipinski definition) is 3. The van der Waals surface area contributed by atoms with Gasteiger partial charge in [-0.25, -0.2) is 0 Å². The molecule has 0 bridgehead atoms. The number of amides is 1. The van der Waals surface area contributed by atoms with E-state index in [0.717, 1.165) is 0 Å². The Morgan fingerprint density at radius 2 is 1.94 bits per heavy atom. The summed E-state index contributed by atoms with van der Waals surface area (Å²) in [6.45, 7) is 0. The summed E-state index contributed by atoms with van der Waals surface area (Å²) in [4.78, 5) is 11.5. The number of nitrogens with one attached hydrogen (secondary N) is 1. The SMILES string of the molecule is NC(CCSC(F)(F)F)C(=O)Nc1ccccc1. The highest BCUT2D eigenvalue weighted by Gasteiger charge is 2.28. The first-order chi connectivity index (χ1) is 8.38. The summed E-state index contributed by atoms with van der Waals surface area (Å²) in [5.74, 6) is -0.712. The van der Waals surface area contributed by atoms with E-state index < -0.39 is 17.5 Å². The van der Waals surface area contributed by atoms with Crippen LogP contribution in [0.3, 0.4) is 0 Å². The highest BCUT2D eigenvalue weighted by Crippen LogP contribution is 2.30. The summed E-state index contributed by atoms with van der Waals surface area (Å²) in [6, 6.07) is 7.67. The minimum absolute atomic E-state index is 0.0250. The minimum Gasteiger partial charge on any atom is -0.325 e. The van der Waals surface area contributed by atoms with Gasteiger partial charge in [-0.1, -0.05) is 30.0 Å². The van der Waals surface area contributed by atoms with Crippen LogP contribution in [0, 0.1) is 0 Å². The second-order valence-corrected chi connectivity index (χ2v) is 4.70. The molecule has 7 heteroatoms. The van der Waals surface area contributed by atoms with Gasteiger partial charge >= 0.3 is 5.51 Å². The molecule has 0 fully saturated rings. The summed E-state index contributed by atoms with van der Waals surface area (Å²) < 4.78 is 35.6. The number of rotatable bonds is 5. The molecule has 3 N–H and O–H groups in total. The summed E-state index contributed by atoms with van der Waals surface area (Å²) in [7, 11) is 0. The molecule has 0 aliphatic rings. The lowest BCUT2D eigenvalue weighted by Gasteiger charge is -2.12. The van der Waals surface area contributed by atoms with E-state index in [1.54, 1.807) is 30.3 Å². The Bertz CT molecular complexity index is 384. The average Bonchev–Trinajstić information content (AvgIpc) is 2.28. The van der Waals surface area contributed by atoms with Gasteiger partial charge in [0, 0.05) is 11.4 Å². The first kappa shape index (κ1) is 14.8. The zero-order chi connectivity index (χ0) is 13.6. The van der Waals surface area contributed by atoms with E-state index in [1.165, 1.54) is 0 Å². The lowest BCUT2D eigenvalue weighted by Crippen LogP contribution is -2.36. The van der Waals surface area contributed by atoms with Crippen LogP contribution in [0.15, 0.2) is 30.3 Å². The van der Waals surface area contributed by atoms with Crippen LogP contribution in [-0.4, -0.2) is 23.2 Å². The molecule has 18 heavy (non-hydrogen) atoms. The lowest BCUT2D eigenvalue weighted by atomic mass is 10.2. The Hall–Kier alpha value is -1.21. The van der Waals surface area contributed by atoms with Gasteiger partial charge in [0.2, 0.25) is 5.91 Å². The molecule has 1 rings (SSSR count). The van der Waals surface area contributed by atoms with E-state index in [-0.39, 0.29) is 23.9 Å². The minimum atomic E-state index is -4.28. The van der Waals surface area contributed by atoms with Crippen molar-refractivity contribution in [3.63, 3.8) is 0 Å². The zero-order valence-corrected chi connectivity index (χ0v) is 10.2. The summed E-state index contributed by atoms with van der Waals surface area (Å²) in [5, 5.41) is 2.53. The second-order valence-electron chi connectivity index (χ2n) is 3.54. The number of hydrogen-bond donors (Lipinski definition) is 2. The topological polar surface area (TPSA) is 55.1 Å². The maximum absolute atomic E-state index is 11.9. The fraction of sp³-hybridized carbons (Fsp3) is 0.364. The molecule has 1 aromatic carbocycles. The molecule has 0 aromatic heterocycles. The molecular weight excluding hydrogens is 265 g/mol. The molecule has 0 saturated carbocycles. The fourth-order valence-electron chi connectivity index (χ4n) is 1.19. The number of nitrogens with two attached hydrogens (primary N) is 1. The van der Waals surface area contributed by atoms with Crippen molar-refractivity contribution in [3.05, 3.63) is 30.3 Å². The number of anilines is 1. The third-order valence-electron chi connectivity index (χ3n) is 2.07. The van der Waals surface area contributed by atoms with Crippen LogP contribution >= 0.6 is 11.8 Å². The van der Waals surface area contributed by atoms with Gasteiger partial charge in [0.05, 0.1) is 6.04 Å². The van der Waals surface area contributed by atoms with Crippen LogP contribution < -0.4 is 11.1 Å². The predicted octanol–water partition coefficient (Wildman–Crippen LogP) is 2.60. The first-order valence-electron chi connectivity index (χ1n) is 5.20. The fourth-order valence-corrected chi connectivity index (χ4v) is 1.79. The number of para-hydroxylation sites is 1. The Labute approximate surface area is 107 Å². The molecule has 3 nitrogen and oxygen atoms in total. The Morgan fingerprint density at radius 3 is 2.50 bits per heavy atom. The molecule has 1 aromatic rings. The summed E-state index contributed by atoms with van der Waals surface area (Å²) in [6.07, 6.45) is -0.0250.